The minimum atomic E-state index is -0.826. The maximum atomic E-state index is 12.7. The van der Waals surface area contributed by atoms with E-state index in [2.05, 4.69) is 17.0 Å². The molecule has 3 nitrogen and oxygen atoms in total. The number of fused-ring (bicyclic) bond motifs is 1. The molecule has 3 aromatic rings. The van der Waals surface area contributed by atoms with Crippen molar-refractivity contribution >= 4 is 23.3 Å². The predicted molar refractivity (Wildman–Crippen MR) is 113 cm³/mol. The third-order valence-corrected chi connectivity index (χ3v) is 5.72. The standard InChI is InChI=1S/C24H22ClNO2/c1-24(20-10-6-4-8-18(20)23(27)28-24)22(16-12-14-17(25)15-13-16)19-9-5-7-11-21(19)26(2)3/h4-15,22H,1-3H3/t22-,24+/m1/s1. The Hall–Kier alpha value is -2.78. The van der Waals surface area contributed by atoms with E-state index in [9.17, 15) is 4.79 Å². The number of cyclic esters (lactones) is 1. The molecular weight excluding hydrogens is 370 g/mol. The molecule has 0 spiro atoms. The Morgan fingerprint density at radius 2 is 1.57 bits per heavy atom. The number of ether oxygens (including phenoxy) is 1. The molecule has 0 aromatic heterocycles. The molecule has 0 aliphatic carbocycles. The number of carbonyl (C=O) groups excluding carboxylic acids is 1. The van der Waals surface area contributed by atoms with Crippen LogP contribution in [0.3, 0.4) is 0 Å². The van der Waals surface area contributed by atoms with Gasteiger partial charge < -0.3 is 9.64 Å². The number of para-hydroxylation sites is 1. The Morgan fingerprint density at radius 3 is 2.29 bits per heavy atom. The van der Waals surface area contributed by atoms with Gasteiger partial charge in [0.25, 0.3) is 0 Å². The third-order valence-electron chi connectivity index (χ3n) is 5.47. The fourth-order valence-electron chi connectivity index (χ4n) is 4.20. The molecule has 0 radical (unpaired) electrons. The van der Waals surface area contributed by atoms with Crippen molar-refractivity contribution in [3.05, 3.63) is 100 Å². The lowest BCUT2D eigenvalue weighted by atomic mass is 9.74. The van der Waals surface area contributed by atoms with E-state index >= 15 is 0 Å². The molecule has 1 heterocycles. The maximum Gasteiger partial charge on any atom is 0.339 e. The van der Waals surface area contributed by atoms with E-state index in [-0.39, 0.29) is 11.9 Å². The highest BCUT2D eigenvalue weighted by Crippen LogP contribution is 2.51. The number of halogens is 1. The molecular formula is C24H22ClNO2. The quantitative estimate of drug-likeness (QED) is 0.540. The maximum absolute atomic E-state index is 12.7. The van der Waals surface area contributed by atoms with Gasteiger partial charge in [0.05, 0.1) is 11.5 Å². The van der Waals surface area contributed by atoms with Crippen LogP contribution in [-0.4, -0.2) is 20.1 Å². The fourth-order valence-corrected chi connectivity index (χ4v) is 4.33. The summed E-state index contributed by atoms with van der Waals surface area (Å²) in [6.45, 7) is 2.00. The summed E-state index contributed by atoms with van der Waals surface area (Å²) in [6, 6.07) is 23.7. The van der Waals surface area contributed by atoms with Gasteiger partial charge in [-0.25, -0.2) is 4.79 Å². The summed E-state index contributed by atoms with van der Waals surface area (Å²) in [5.41, 5.74) is 3.95. The second kappa shape index (κ2) is 6.99. The van der Waals surface area contributed by atoms with Gasteiger partial charge in [0.1, 0.15) is 5.60 Å². The first-order chi connectivity index (χ1) is 13.4. The van der Waals surface area contributed by atoms with E-state index in [4.69, 9.17) is 16.3 Å². The summed E-state index contributed by atoms with van der Waals surface area (Å²) in [7, 11) is 4.05. The number of carbonyl (C=O) groups is 1. The van der Waals surface area contributed by atoms with Crippen molar-refractivity contribution in [1.29, 1.82) is 0 Å². The molecule has 28 heavy (non-hydrogen) atoms. The number of nitrogens with zero attached hydrogens (tertiary/aromatic N) is 1. The van der Waals surface area contributed by atoms with Crippen LogP contribution >= 0.6 is 11.6 Å². The van der Waals surface area contributed by atoms with Crippen molar-refractivity contribution in [3.63, 3.8) is 0 Å². The fraction of sp³-hybridized carbons (Fsp3) is 0.208. The molecule has 0 saturated heterocycles. The Bertz CT molecular complexity index is 1030. The SMILES string of the molecule is CN(C)c1ccccc1[C@@H](c1ccc(Cl)cc1)[C@@]1(C)OC(=O)c2ccccc21. The van der Waals surface area contributed by atoms with E-state index in [1.165, 1.54) is 0 Å². The van der Waals surface area contributed by atoms with Crippen LogP contribution in [0.15, 0.2) is 72.8 Å². The van der Waals surface area contributed by atoms with Crippen LogP contribution in [0.2, 0.25) is 5.02 Å². The van der Waals surface area contributed by atoms with Gasteiger partial charge in [0, 0.05) is 30.4 Å². The normalized spacial score (nSPS) is 19.1. The first kappa shape index (κ1) is 18.6. The topological polar surface area (TPSA) is 29.5 Å². The van der Waals surface area contributed by atoms with Gasteiger partial charge in [-0.3, -0.25) is 0 Å². The summed E-state index contributed by atoms with van der Waals surface area (Å²) < 4.78 is 6.06. The van der Waals surface area contributed by atoms with E-state index in [0.29, 0.717) is 10.6 Å². The van der Waals surface area contributed by atoms with Crippen molar-refractivity contribution in [2.75, 3.05) is 19.0 Å². The van der Waals surface area contributed by atoms with Crippen molar-refractivity contribution in [2.45, 2.75) is 18.4 Å². The molecule has 2 atom stereocenters. The predicted octanol–water partition coefficient (Wildman–Crippen LogP) is 5.62. The van der Waals surface area contributed by atoms with E-state index < -0.39 is 5.60 Å². The zero-order valence-corrected chi connectivity index (χ0v) is 16.9. The van der Waals surface area contributed by atoms with Crippen molar-refractivity contribution < 1.29 is 9.53 Å². The molecule has 0 saturated carbocycles. The highest BCUT2D eigenvalue weighted by molar-refractivity contribution is 6.30. The average Bonchev–Trinajstić information content (AvgIpc) is 2.95. The molecule has 142 valence electrons. The van der Waals surface area contributed by atoms with Crippen molar-refractivity contribution in [2.24, 2.45) is 0 Å². The van der Waals surface area contributed by atoms with E-state index in [1.54, 1.807) is 0 Å². The minimum absolute atomic E-state index is 0.184. The zero-order chi connectivity index (χ0) is 19.9. The molecule has 4 rings (SSSR count). The van der Waals surface area contributed by atoms with Gasteiger partial charge >= 0.3 is 5.97 Å². The summed E-state index contributed by atoms with van der Waals surface area (Å²) in [5.74, 6) is -0.463. The van der Waals surface area contributed by atoms with Crippen LogP contribution in [0, 0.1) is 0 Å². The monoisotopic (exact) mass is 391 g/mol. The van der Waals surface area contributed by atoms with Gasteiger partial charge in [0.2, 0.25) is 0 Å². The molecule has 0 bridgehead atoms. The molecule has 0 unspecified atom stereocenters. The van der Waals surface area contributed by atoms with Crippen LogP contribution in [0.4, 0.5) is 5.69 Å². The Labute approximate surface area is 170 Å². The second-order valence-corrected chi connectivity index (χ2v) is 7.92. The molecule has 1 aliphatic heterocycles. The lowest BCUT2D eigenvalue weighted by Crippen LogP contribution is -2.32. The summed E-state index contributed by atoms with van der Waals surface area (Å²) >= 11 is 6.15. The second-order valence-electron chi connectivity index (χ2n) is 7.48. The Morgan fingerprint density at radius 1 is 0.929 bits per heavy atom. The number of esters is 1. The molecule has 0 fully saturated rings. The van der Waals surface area contributed by atoms with Crippen LogP contribution in [0.25, 0.3) is 0 Å². The van der Waals surface area contributed by atoms with E-state index in [1.807, 2.05) is 81.7 Å². The lowest BCUT2D eigenvalue weighted by Gasteiger charge is -2.36. The number of hydrogen-bond acceptors (Lipinski definition) is 3. The van der Waals surface area contributed by atoms with E-state index in [0.717, 1.165) is 22.4 Å². The number of anilines is 1. The highest BCUT2D eigenvalue weighted by atomic mass is 35.5. The number of benzene rings is 3. The first-order valence-corrected chi connectivity index (χ1v) is 9.64. The third kappa shape index (κ3) is 2.96. The zero-order valence-electron chi connectivity index (χ0n) is 16.1. The summed E-state index contributed by atoms with van der Waals surface area (Å²) in [6.07, 6.45) is 0. The van der Waals surface area contributed by atoms with Gasteiger partial charge in [-0.05, 0) is 42.3 Å². The van der Waals surface area contributed by atoms with Crippen molar-refractivity contribution in [1.82, 2.24) is 0 Å². The molecule has 1 aliphatic rings. The van der Waals surface area contributed by atoms with Gasteiger partial charge in [-0.15, -0.1) is 0 Å². The molecule has 3 aromatic carbocycles. The highest BCUT2D eigenvalue weighted by Gasteiger charge is 2.49. The first-order valence-electron chi connectivity index (χ1n) is 9.26. The number of rotatable bonds is 4. The number of hydrogen-bond donors (Lipinski definition) is 0. The van der Waals surface area contributed by atoms with Crippen LogP contribution < -0.4 is 4.90 Å². The summed E-state index contributed by atoms with van der Waals surface area (Å²) in [4.78, 5) is 14.8. The minimum Gasteiger partial charge on any atom is -0.450 e. The average molecular weight is 392 g/mol. The van der Waals surface area contributed by atoms with Crippen LogP contribution in [0.1, 0.15) is 39.9 Å². The molecule has 0 amide bonds. The van der Waals surface area contributed by atoms with Gasteiger partial charge in [-0.1, -0.05) is 60.1 Å². The van der Waals surface area contributed by atoms with Crippen LogP contribution in [0.5, 0.6) is 0 Å². The largest absolute Gasteiger partial charge is 0.450 e. The summed E-state index contributed by atoms with van der Waals surface area (Å²) in [5, 5.41) is 0.678. The molecule has 0 N–H and O–H groups in total. The van der Waals surface area contributed by atoms with Crippen molar-refractivity contribution in [3.8, 4) is 0 Å². The Balaban J connectivity index is 1.98. The molecule has 4 heteroatoms. The smallest absolute Gasteiger partial charge is 0.339 e. The van der Waals surface area contributed by atoms with Gasteiger partial charge in [-0.2, -0.15) is 0 Å². The Kier molecular flexibility index (Phi) is 4.64. The van der Waals surface area contributed by atoms with Gasteiger partial charge in [0.15, 0.2) is 0 Å². The van der Waals surface area contributed by atoms with Crippen LogP contribution in [-0.2, 0) is 10.3 Å². The lowest BCUT2D eigenvalue weighted by molar-refractivity contribution is -0.00694.